The summed E-state index contributed by atoms with van der Waals surface area (Å²) < 4.78 is 5.39. The zero-order chi connectivity index (χ0) is 11.3. The first-order valence-electron chi connectivity index (χ1n) is 4.70. The molecule has 0 spiro atoms. The Bertz CT molecular complexity index is 350. The maximum atomic E-state index is 11.4. The van der Waals surface area contributed by atoms with Crippen LogP contribution in [0.3, 0.4) is 0 Å². The number of hydrogen-bond acceptors (Lipinski definition) is 2. The lowest BCUT2D eigenvalue weighted by Gasteiger charge is -2.07. The van der Waals surface area contributed by atoms with Gasteiger partial charge >= 0.3 is 0 Å². The minimum absolute atomic E-state index is 0.0725. The maximum absolute atomic E-state index is 11.4. The van der Waals surface area contributed by atoms with Crippen molar-refractivity contribution < 1.29 is 9.53 Å². The van der Waals surface area contributed by atoms with E-state index in [1.807, 2.05) is 6.92 Å². The second kappa shape index (κ2) is 5.99. The van der Waals surface area contributed by atoms with Gasteiger partial charge in [0, 0.05) is 5.56 Å². The number of ether oxygens (including phenoxy) is 1. The monoisotopic (exact) mass is 246 g/mol. The molecule has 1 rings (SSSR count). The summed E-state index contributed by atoms with van der Waals surface area (Å²) in [5, 5.41) is 0.407. The second-order valence-electron chi connectivity index (χ2n) is 3.05. The van der Waals surface area contributed by atoms with Crippen LogP contribution in [0.5, 0.6) is 5.75 Å². The summed E-state index contributed by atoms with van der Waals surface area (Å²) in [5.74, 6) is 0.384. The number of benzene rings is 1. The molecule has 0 aliphatic rings. The Morgan fingerprint density at radius 2 is 2.20 bits per heavy atom. The molecule has 82 valence electrons. The Morgan fingerprint density at radius 3 is 2.80 bits per heavy atom. The van der Waals surface area contributed by atoms with Crippen molar-refractivity contribution in [3.05, 3.63) is 28.8 Å². The first-order valence-corrected chi connectivity index (χ1v) is 5.61. The largest absolute Gasteiger partial charge is 0.494 e. The molecule has 2 nitrogen and oxygen atoms in total. The number of halogens is 2. The van der Waals surface area contributed by atoms with Crippen molar-refractivity contribution in [3.8, 4) is 5.75 Å². The van der Waals surface area contributed by atoms with Gasteiger partial charge in [-0.15, -0.1) is 11.6 Å². The van der Waals surface area contributed by atoms with Gasteiger partial charge < -0.3 is 4.74 Å². The Hall–Kier alpha value is -0.730. The van der Waals surface area contributed by atoms with E-state index in [1.54, 1.807) is 18.2 Å². The first-order chi connectivity index (χ1) is 7.19. The van der Waals surface area contributed by atoms with Crippen LogP contribution in [0.1, 0.15) is 23.7 Å². The standard InChI is InChI=1S/C11H12Cl2O2/c1-2-5-15-8-3-4-10(13)9(6-8)11(14)7-12/h3-4,6H,2,5,7H2,1H3. The van der Waals surface area contributed by atoms with Gasteiger partial charge in [0.05, 0.1) is 17.5 Å². The molecule has 0 aliphatic carbocycles. The van der Waals surface area contributed by atoms with Crippen LogP contribution >= 0.6 is 23.2 Å². The van der Waals surface area contributed by atoms with E-state index in [0.29, 0.717) is 22.9 Å². The molecular formula is C11H12Cl2O2. The molecule has 4 heteroatoms. The number of rotatable bonds is 5. The van der Waals surface area contributed by atoms with Crippen molar-refractivity contribution >= 4 is 29.0 Å². The highest BCUT2D eigenvalue weighted by atomic mass is 35.5. The molecule has 15 heavy (non-hydrogen) atoms. The van der Waals surface area contributed by atoms with Crippen LogP contribution in [-0.4, -0.2) is 18.3 Å². The van der Waals surface area contributed by atoms with Gasteiger partial charge in [-0.25, -0.2) is 0 Å². The Balaban J connectivity index is 2.89. The zero-order valence-corrected chi connectivity index (χ0v) is 9.94. The number of Topliss-reactive ketones (excluding diaryl/α,β-unsaturated/α-hetero) is 1. The lowest BCUT2D eigenvalue weighted by Crippen LogP contribution is -2.03. The molecule has 0 radical (unpaired) electrons. The van der Waals surface area contributed by atoms with E-state index >= 15 is 0 Å². The molecule has 0 fully saturated rings. The molecule has 0 saturated heterocycles. The van der Waals surface area contributed by atoms with Crippen LogP contribution in [0, 0.1) is 0 Å². The van der Waals surface area contributed by atoms with Crippen molar-refractivity contribution in [2.45, 2.75) is 13.3 Å². The highest BCUT2D eigenvalue weighted by Crippen LogP contribution is 2.23. The van der Waals surface area contributed by atoms with E-state index in [-0.39, 0.29) is 11.7 Å². The average molecular weight is 247 g/mol. The molecule has 0 aromatic heterocycles. The summed E-state index contributed by atoms with van der Waals surface area (Å²) in [7, 11) is 0. The van der Waals surface area contributed by atoms with Crippen LogP contribution < -0.4 is 4.74 Å². The van der Waals surface area contributed by atoms with Gasteiger partial charge in [0.1, 0.15) is 5.75 Å². The SMILES string of the molecule is CCCOc1ccc(Cl)c(C(=O)CCl)c1. The molecule has 1 aromatic carbocycles. The van der Waals surface area contributed by atoms with Crippen LogP contribution in [0.25, 0.3) is 0 Å². The number of carbonyl (C=O) groups is 1. The fourth-order valence-corrected chi connectivity index (χ4v) is 1.47. The lowest BCUT2D eigenvalue weighted by atomic mass is 10.1. The van der Waals surface area contributed by atoms with E-state index in [1.165, 1.54) is 0 Å². The van der Waals surface area contributed by atoms with E-state index in [0.717, 1.165) is 6.42 Å². The minimum atomic E-state index is -0.191. The van der Waals surface area contributed by atoms with Gasteiger partial charge in [-0.2, -0.15) is 0 Å². The first kappa shape index (κ1) is 12.3. The molecule has 0 heterocycles. The zero-order valence-electron chi connectivity index (χ0n) is 8.43. The molecule has 0 atom stereocenters. The van der Waals surface area contributed by atoms with Crippen molar-refractivity contribution in [1.29, 1.82) is 0 Å². The molecule has 0 saturated carbocycles. The third kappa shape index (κ3) is 3.40. The highest BCUT2D eigenvalue weighted by molar-refractivity contribution is 6.37. The van der Waals surface area contributed by atoms with Gasteiger partial charge in [0.2, 0.25) is 0 Å². The summed E-state index contributed by atoms with van der Waals surface area (Å²) in [5.41, 5.74) is 0.417. The molecule has 0 aliphatic heterocycles. The van der Waals surface area contributed by atoms with E-state index in [9.17, 15) is 4.79 Å². The third-order valence-electron chi connectivity index (χ3n) is 1.83. The van der Waals surface area contributed by atoms with E-state index in [4.69, 9.17) is 27.9 Å². The van der Waals surface area contributed by atoms with Gasteiger partial charge in [0.15, 0.2) is 5.78 Å². The maximum Gasteiger partial charge on any atom is 0.179 e. The minimum Gasteiger partial charge on any atom is -0.494 e. The Labute approximate surface area is 99.1 Å². The van der Waals surface area contributed by atoms with Crippen LogP contribution in [0.4, 0.5) is 0 Å². The van der Waals surface area contributed by atoms with E-state index < -0.39 is 0 Å². The summed E-state index contributed by atoms with van der Waals surface area (Å²) in [6.07, 6.45) is 0.918. The van der Waals surface area contributed by atoms with Gasteiger partial charge in [-0.1, -0.05) is 18.5 Å². The van der Waals surface area contributed by atoms with Crippen molar-refractivity contribution in [2.24, 2.45) is 0 Å². The molecule has 0 bridgehead atoms. The van der Waals surface area contributed by atoms with Crippen molar-refractivity contribution in [3.63, 3.8) is 0 Å². The van der Waals surface area contributed by atoms with Crippen LogP contribution in [0.15, 0.2) is 18.2 Å². The average Bonchev–Trinajstić information content (AvgIpc) is 2.27. The summed E-state index contributed by atoms with van der Waals surface area (Å²) >= 11 is 11.3. The van der Waals surface area contributed by atoms with Crippen molar-refractivity contribution in [2.75, 3.05) is 12.5 Å². The summed E-state index contributed by atoms with van der Waals surface area (Å²) in [6.45, 7) is 2.64. The molecule has 0 N–H and O–H groups in total. The van der Waals surface area contributed by atoms with Crippen LogP contribution in [0.2, 0.25) is 5.02 Å². The lowest BCUT2D eigenvalue weighted by molar-refractivity contribution is 0.102. The Kier molecular flexibility index (Phi) is 4.92. The topological polar surface area (TPSA) is 26.3 Å². The number of carbonyl (C=O) groups excluding carboxylic acids is 1. The number of ketones is 1. The molecule has 0 amide bonds. The predicted octanol–water partition coefficient (Wildman–Crippen LogP) is 3.55. The summed E-state index contributed by atoms with van der Waals surface area (Å²) in [6, 6.07) is 5.01. The van der Waals surface area contributed by atoms with Crippen molar-refractivity contribution in [1.82, 2.24) is 0 Å². The summed E-state index contributed by atoms with van der Waals surface area (Å²) in [4.78, 5) is 11.4. The molecular weight excluding hydrogens is 235 g/mol. The second-order valence-corrected chi connectivity index (χ2v) is 3.72. The fourth-order valence-electron chi connectivity index (χ4n) is 1.10. The molecule has 0 unspecified atom stereocenters. The highest BCUT2D eigenvalue weighted by Gasteiger charge is 2.10. The normalized spacial score (nSPS) is 10.1. The van der Waals surface area contributed by atoms with Gasteiger partial charge in [-0.3, -0.25) is 4.79 Å². The van der Waals surface area contributed by atoms with Crippen LogP contribution in [-0.2, 0) is 0 Å². The smallest absolute Gasteiger partial charge is 0.179 e. The quantitative estimate of drug-likeness (QED) is 0.587. The predicted molar refractivity (Wildman–Crippen MR) is 62.3 cm³/mol. The molecule has 1 aromatic rings. The Morgan fingerprint density at radius 1 is 1.47 bits per heavy atom. The third-order valence-corrected chi connectivity index (χ3v) is 2.40. The van der Waals surface area contributed by atoms with E-state index in [2.05, 4.69) is 0 Å². The number of alkyl halides is 1. The number of hydrogen-bond donors (Lipinski definition) is 0. The fraction of sp³-hybridized carbons (Fsp3) is 0.364. The van der Waals surface area contributed by atoms with Gasteiger partial charge in [0.25, 0.3) is 0 Å². The van der Waals surface area contributed by atoms with Gasteiger partial charge in [-0.05, 0) is 24.6 Å².